The van der Waals surface area contributed by atoms with E-state index in [0.29, 0.717) is 14.1 Å². The fourth-order valence-corrected chi connectivity index (χ4v) is 3.33. The third-order valence-electron chi connectivity index (χ3n) is 3.41. The molecule has 0 fully saturated rings. The Labute approximate surface area is 107 Å². The Bertz CT molecular complexity index is 395. The van der Waals surface area contributed by atoms with Crippen LogP contribution in [-0.4, -0.2) is 11.7 Å². The van der Waals surface area contributed by atoms with E-state index in [9.17, 15) is 4.79 Å². The van der Waals surface area contributed by atoms with Crippen molar-refractivity contribution in [1.82, 2.24) is 0 Å². The molecule has 0 aromatic heterocycles. The van der Waals surface area contributed by atoms with Gasteiger partial charge in [0.1, 0.15) is 0 Å². The number of aryl methyl sites for hydroxylation is 2. The maximum atomic E-state index is 12.3. The Kier molecular flexibility index (Phi) is 5.33. The van der Waals surface area contributed by atoms with E-state index in [4.69, 9.17) is 0 Å². The molecule has 0 aliphatic carbocycles. The van der Waals surface area contributed by atoms with E-state index in [1.54, 1.807) is 0 Å². The van der Waals surface area contributed by atoms with E-state index in [1.807, 2.05) is 0 Å². The topological polar surface area (TPSA) is 17.1 Å². The van der Waals surface area contributed by atoms with Crippen LogP contribution in [0.1, 0.15) is 52.4 Å². The number of benzene rings is 1. The van der Waals surface area contributed by atoms with E-state index < -0.39 is 0 Å². The SMILES string of the molecule is CCCCPC(=O)c1c(C)c(C)cc(C)c1C. The summed E-state index contributed by atoms with van der Waals surface area (Å²) in [4.78, 5) is 12.3. The van der Waals surface area contributed by atoms with Crippen molar-refractivity contribution in [2.45, 2.75) is 47.5 Å². The standard InChI is InChI=1S/C15H23OP/c1-6-7-8-17-15(16)14-12(4)10(2)9-11(3)13(14)5/h9,17H,6-8H2,1-5H3. The van der Waals surface area contributed by atoms with Gasteiger partial charge in [0.2, 0.25) is 0 Å². The van der Waals surface area contributed by atoms with Crippen molar-refractivity contribution in [3.63, 3.8) is 0 Å². The van der Waals surface area contributed by atoms with Gasteiger partial charge >= 0.3 is 0 Å². The first-order chi connectivity index (χ1) is 7.99. The van der Waals surface area contributed by atoms with Crippen molar-refractivity contribution in [3.05, 3.63) is 33.9 Å². The molecule has 0 saturated carbocycles. The highest BCUT2D eigenvalue weighted by Crippen LogP contribution is 2.28. The normalized spacial score (nSPS) is 11.4. The van der Waals surface area contributed by atoms with Gasteiger partial charge in [-0.05, 0) is 71.1 Å². The van der Waals surface area contributed by atoms with Crippen LogP contribution < -0.4 is 0 Å². The summed E-state index contributed by atoms with van der Waals surface area (Å²) >= 11 is 0. The minimum absolute atomic E-state index is 0.347. The molecular formula is C15H23OP. The molecule has 17 heavy (non-hydrogen) atoms. The first kappa shape index (κ1) is 14.4. The molecule has 0 amide bonds. The van der Waals surface area contributed by atoms with E-state index in [0.717, 1.165) is 18.1 Å². The second-order valence-corrected chi connectivity index (χ2v) is 6.05. The highest BCUT2D eigenvalue weighted by Gasteiger charge is 2.15. The molecule has 0 radical (unpaired) electrons. The van der Waals surface area contributed by atoms with Crippen molar-refractivity contribution >= 4 is 14.1 Å². The number of unbranched alkanes of at least 4 members (excludes halogenated alkanes) is 1. The summed E-state index contributed by atoms with van der Waals surface area (Å²) in [7, 11) is 0.437. The fourth-order valence-electron chi connectivity index (χ4n) is 2.02. The molecule has 0 aliphatic heterocycles. The minimum Gasteiger partial charge on any atom is -0.289 e. The van der Waals surface area contributed by atoms with Gasteiger partial charge in [-0.25, -0.2) is 0 Å². The summed E-state index contributed by atoms with van der Waals surface area (Å²) in [5.74, 6) is 0. The van der Waals surface area contributed by atoms with Crippen LogP contribution in [0, 0.1) is 27.7 Å². The lowest BCUT2D eigenvalue weighted by Crippen LogP contribution is -2.04. The monoisotopic (exact) mass is 250 g/mol. The van der Waals surface area contributed by atoms with E-state index in [2.05, 4.69) is 40.7 Å². The molecule has 0 bridgehead atoms. The summed E-state index contributed by atoms with van der Waals surface area (Å²) in [6.07, 6.45) is 3.37. The molecule has 1 aromatic carbocycles. The van der Waals surface area contributed by atoms with Crippen LogP contribution in [-0.2, 0) is 0 Å². The smallest absolute Gasteiger partial charge is 0.181 e. The summed E-state index contributed by atoms with van der Waals surface area (Å²) in [6.45, 7) is 10.5. The van der Waals surface area contributed by atoms with Gasteiger partial charge in [0, 0.05) is 5.56 Å². The predicted octanol–water partition coefficient (Wildman–Crippen LogP) is 4.54. The Balaban J connectivity index is 3.00. The third kappa shape index (κ3) is 3.39. The van der Waals surface area contributed by atoms with Gasteiger partial charge in [0.25, 0.3) is 0 Å². The molecule has 0 N–H and O–H groups in total. The zero-order chi connectivity index (χ0) is 13.0. The van der Waals surface area contributed by atoms with Crippen LogP contribution in [0.5, 0.6) is 0 Å². The fraction of sp³-hybridized carbons (Fsp3) is 0.533. The van der Waals surface area contributed by atoms with Crippen LogP contribution in [0.15, 0.2) is 6.07 Å². The maximum absolute atomic E-state index is 12.3. The molecule has 0 saturated heterocycles. The molecule has 1 rings (SSSR count). The highest BCUT2D eigenvalue weighted by atomic mass is 31.1. The zero-order valence-electron chi connectivity index (χ0n) is 11.6. The third-order valence-corrected chi connectivity index (χ3v) is 4.58. The number of hydrogen-bond acceptors (Lipinski definition) is 1. The van der Waals surface area contributed by atoms with Gasteiger partial charge in [-0.1, -0.05) is 19.4 Å². The Hall–Kier alpha value is -0.680. The largest absolute Gasteiger partial charge is 0.289 e. The van der Waals surface area contributed by atoms with Gasteiger partial charge in [-0.15, -0.1) is 0 Å². The van der Waals surface area contributed by atoms with Crippen molar-refractivity contribution < 1.29 is 4.79 Å². The minimum atomic E-state index is 0.347. The van der Waals surface area contributed by atoms with Crippen molar-refractivity contribution in [3.8, 4) is 0 Å². The summed E-state index contributed by atoms with van der Waals surface area (Å²) in [5, 5.41) is 0. The molecule has 0 heterocycles. The molecule has 1 atom stereocenters. The first-order valence-corrected chi connectivity index (χ1v) is 7.55. The number of rotatable bonds is 5. The lowest BCUT2D eigenvalue weighted by molar-refractivity contribution is 0.108. The Morgan fingerprint density at radius 3 is 2.12 bits per heavy atom. The second kappa shape index (κ2) is 6.31. The van der Waals surface area contributed by atoms with E-state index in [-0.39, 0.29) is 0 Å². The van der Waals surface area contributed by atoms with Crippen LogP contribution in [0.25, 0.3) is 0 Å². The van der Waals surface area contributed by atoms with Gasteiger partial charge in [-0.3, -0.25) is 4.79 Å². The molecular weight excluding hydrogens is 227 g/mol. The van der Waals surface area contributed by atoms with Crippen molar-refractivity contribution in [2.75, 3.05) is 6.16 Å². The summed E-state index contributed by atoms with van der Waals surface area (Å²) < 4.78 is 0. The highest BCUT2D eigenvalue weighted by molar-refractivity contribution is 7.58. The molecule has 94 valence electrons. The molecule has 0 spiro atoms. The van der Waals surface area contributed by atoms with Crippen molar-refractivity contribution in [1.29, 1.82) is 0 Å². The lowest BCUT2D eigenvalue weighted by Gasteiger charge is -2.14. The quantitative estimate of drug-likeness (QED) is 0.554. The zero-order valence-corrected chi connectivity index (χ0v) is 12.6. The van der Waals surface area contributed by atoms with Crippen LogP contribution in [0.2, 0.25) is 0 Å². The number of carbonyl (C=O) groups is 1. The van der Waals surface area contributed by atoms with Crippen LogP contribution >= 0.6 is 8.58 Å². The molecule has 1 unspecified atom stereocenters. The molecule has 2 heteroatoms. The second-order valence-electron chi connectivity index (χ2n) is 4.74. The van der Waals surface area contributed by atoms with Crippen molar-refractivity contribution in [2.24, 2.45) is 0 Å². The lowest BCUT2D eigenvalue weighted by atomic mass is 9.95. The van der Waals surface area contributed by atoms with Gasteiger partial charge in [0.05, 0.1) is 0 Å². The van der Waals surface area contributed by atoms with Crippen LogP contribution in [0.4, 0.5) is 0 Å². The Morgan fingerprint density at radius 2 is 1.65 bits per heavy atom. The van der Waals surface area contributed by atoms with Gasteiger partial charge in [0.15, 0.2) is 5.52 Å². The molecule has 1 nitrogen and oxygen atoms in total. The van der Waals surface area contributed by atoms with Gasteiger partial charge < -0.3 is 0 Å². The van der Waals surface area contributed by atoms with Gasteiger partial charge in [-0.2, -0.15) is 0 Å². The number of hydrogen-bond donors (Lipinski definition) is 0. The Morgan fingerprint density at radius 1 is 1.12 bits per heavy atom. The predicted molar refractivity (Wildman–Crippen MR) is 77.8 cm³/mol. The summed E-state index contributed by atoms with van der Waals surface area (Å²) in [5.41, 5.74) is 6.13. The maximum Gasteiger partial charge on any atom is 0.181 e. The van der Waals surface area contributed by atoms with E-state index >= 15 is 0 Å². The van der Waals surface area contributed by atoms with Crippen LogP contribution in [0.3, 0.4) is 0 Å². The first-order valence-electron chi connectivity index (χ1n) is 6.34. The van der Waals surface area contributed by atoms with E-state index in [1.165, 1.54) is 28.7 Å². The average molecular weight is 250 g/mol. The summed E-state index contributed by atoms with van der Waals surface area (Å²) in [6, 6.07) is 2.18. The molecule has 1 aromatic rings. The number of carbonyl (C=O) groups excluding carboxylic acids is 1. The average Bonchev–Trinajstić information content (AvgIpc) is 2.27. The molecule has 0 aliphatic rings.